The summed E-state index contributed by atoms with van der Waals surface area (Å²) >= 11 is 0. The van der Waals surface area contributed by atoms with E-state index in [4.69, 9.17) is 11.0 Å². The summed E-state index contributed by atoms with van der Waals surface area (Å²) in [4.78, 5) is 10.8. The minimum Gasteiger partial charge on any atom is -0.510 e. The van der Waals surface area contributed by atoms with Crippen LogP contribution in [0.25, 0.3) is 0 Å². The van der Waals surface area contributed by atoms with Crippen LogP contribution in [0.15, 0.2) is 35.6 Å². The molecule has 0 unspecified atom stereocenters. The molecule has 4 nitrogen and oxygen atoms in total. The Kier molecular flexibility index (Phi) is 4.17. The molecular formula is C12H9F3N2O2. The normalized spacial score (nSPS) is 12.5. The summed E-state index contributed by atoms with van der Waals surface area (Å²) in [5, 5.41) is 18.1. The first-order chi connectivity index (χ1) is 8.75. The second-order valence-electron chi connectivity index (χ2n) is 3.67. The van der Waals surface area contributed by atoms with Crippen molar-refractivity contribution in [2.75, 3.05) is 0 Å². The van der Waals surface area contributed by atoms with Gasteiger partial charge in [-0.3, -0.25) is 4.79 Å². The molecule has 1 aromatic rings. The van der Waals surface area contributed by atoms with E-state index < -0.39 is 29.0 Å². The van der Waals surface area contributed by atoms with Crippen molar-refractivity contribution in [1.82, 2.24) is 0 Å². The molecule has 7 heteroatoms. The Labute approximate surface area is 106 Å². The molecule has 1 rings (SSSR count). The minimum atomic E-state index is -4.44. The Hall–Kier alpha value is -2.49. The van der Waals surface area contributed by atoms with Crippen molar-refractivity contribution in [1.29, 1.82) is 5.26 Å². The lowest BCUT2D eigenvalue weighted by Gasteiger charge is -2.07. The van der Waals surface area contributed by atoms with Crippen LogP contribution in [0.2, 0.25) is 0 Å². The lowest BCUT2D eigenvalue weighted by atomic mass is 10.1. The van der Waals surface area contributed by atoms with Crippen LogP contribution < -0.4 is 5.73 Å². The predicted octanol–water partition coefficient (Wildman–Crippen LogP) is 2.07. The van der Waals surface area contributed by atoms with Crippen LogP contribution in [0.1, 0.15) is 11.1 Å². The molecule has 0 aliphatic heterocycles. The van der Waals surface area contributed by atoms with Crippen LogP contribution >= 0.6 is 0 Å². The number of nitrogens with zero attached hydrogens (tertiary/aromatic N) is 1. The van der Waals surface area contributed by atoms with E-state index in [0.717, 1.165) is 24.3 Å². The molecule has 0 aliphatic rings. The number of benzene rings is 1. The summed E-state index contributed by atoms with van der Waals surface area (Å²) in [5.41, 5.74) is 3.74. The number of aliphatic hydroxyl groups is 1. The number of hydrogen-bond donors (Lipinski definition) is 2. The van der Waals surface area contributed by atoms with Gasteiger partial charge in [-0.15, -0.1) is 0 Å². The number of rotatable bonds is 3. The molecule has 3 N–H and O–H groups in total. The van der Waals surface area contributed by atoms with Crippen molar-refractivity contribution in [2.45, 2.75) is 12.6 Å². The van der Waals surface area contributed by atoms with Gasteiger partial charge in [0.2, 0.25) is 0 Å². The molecule has 1 amide bonds. The van der Waals surface area contributed by atoms with E-state index in [0.29, 0.717) is 5.56 Å². The average Bonchev–Trinajstić information content (AvgIpc) is 2.28. The van der Waals surface area contributed by atoms with Gasteiger partial charge in [0.05, 0.1) is 5.56 Å². The zero-order valence-electron chi connectivity index (χ0n) is 9.53. The van der Waals surface area contributed by atoms with E-state index in [9.17, 15) is 23.1 Å². The number of amides is 1. The highest BCUT2D eigenvalue weighted by atomic mass is 19.4. The van der Waals surface area contributed by atoms with Crippen LogP contribution in [0.3, 0.4) is 0 Å². The van der Waals surface area contributed by atoms with Gasteiger partial charge in [0.15, 0.2) is 5.57 Å². The van der Waals surface area contributed by atoms with Gasteiger partial charge in [-0.25, -0.2) is 0 Å². The van der Waals surface area contributed by atoms with Crippen molar-refractivity contribution < 1.29 is 23.1 Å². The predicted molar refractivity (Wildman–Crippen MR) is 59.6 cm³/mol. The standard InChI is InChI=1S/C12H9F3N2O2/c13-12(14,15)8-3-1-7(2-4-8)5-10(18)9(6-16)11(17)19/h1-4,18H,5H2,(H2,17,19)/b10-9+. The van der Waals surface area contributed by atoms with Gasteiger partial charge in [0, 0.05) is 6.42 Å². The van der Waals surface area contributed by atoms with Crippen molar-refractivity contribution in [3.63, 3.8) is 0 Å². The zero-order chi connectivity index (χ0) is 14.6. The Morgan fingerprint density at radius 1 is 1.32 bits per heavy atom. The van der Waals surface area contributed by atoms with Gasteiger partial charge in [-0.2, -0.15) is 18.4 Å². The summed E-state index contributed by atoms with van der Waals surface area (Å²) in [6.45, 7) is 0. The number of primary amides is 1. The van der Waals surface area contributed by atoms with Gasteiger partial charge >= 0.3 is 6.18 Å². The number of hydrogen-bond acceptors (Lipinski definition) is 3. The fourth-order valence-electron chi connectivity index (χ4n) is 1.36. The molecule has 0 heterocycles. The van der Waals surface area contributed by atoms with Gasteiger partial charge in [0.25, 0.3) is 5.91 Å². The summed E-state index contributed by atoms with van der Waals surface area (Å²) in [5.74, 6) is -1.67. The first kappa shape index (κ1) is 14.6. The van der Waals surface area contributed by atoms with Crippen LogP contribution in [0, 0.1) is 11.3 Å². The second kappa shape index (κ2) is 5.44. The van der Waals surface area contributed by atoms with E-state index >= 15 is 0 Å². The number of alkyl halides is 3. The molecule has 1 aromatic carbocycles. The van der Waals surface area contributed by atoms with Gasteiger partial charge in [-0.1, -0.05) is 12.1 Å². The van der Waals surface area contributed by atoms with Crippen molar-refractivity contribution in [3.8, 4) is 6.07 Å². The molecule has 100 valence electrons. The fourth-order valence-corrected chi connectivity index (χ4v) is 1.36. The number of nitrogens with two attached hydrogens (primary N) is 1. The first-order valence-corrected chi connectivity index (χ1v) is 5.04. The third-order valence-electron chi connectivity index (χ3n) is 2.30. The Morgan fingerprint density at radius 3 is 2.21 bits per heavy atom. The number of nitriles is 1. The minimum absolute atomic E-state index is 0.246. The van der Waals surface area contributed by atoms with Crippen LogP contribution in [-0.2, 0) is 17.4 Å². The number of halogens is 3. The maximum Gasteiger partial charge on any atom is 0.416 e. The number of carbonyl (C=O) groups is 1. The monoisotopic (exact) mass is 270 g/mol. The highest BCUT2D eigenvalue weighted by molar-refractivity contribution is 5.96. The average molecular weight is 270 g/mol. The van der Waals surface area contributed by atoms with Gasteiger partial charge < -0.3 is 10.8 Å². The van der Waals surface area contributed by atoms with E-state index in [-0.39, 0.29) is 6.42 Å². The van der Waals surface area contributed by atoms with Gasteiger partial charge in [-0.05, 0) is 17.7 Å². The maximum absolute atomic E-state index is 12.3. The highest BCUT2D eigenvalue weighted by Gasteiger charge is 2.29. The zero-order valence-corrected chi connectivity index (χ0v) is 9.53. The molecule has 0 saturated carbocycles. The number of allylic oxidation sites excluding steroid dienone is 1. The van der Waals surface area contributed by atoms with Crippen molar-refractivity contribution >= 4 is 5.91 Å². The molecule has 0 radical (unpaired) electrons. The first-order valence-electron chi connectivity index (χ1n) is 5.04. The third kappa shape index (κ3) is 3.74. The molecular weight excluding hydrogens is 261 g/mol. The fraction of sp³-hybridized carbons (Fsp3) is 0.167. The molecule has 0 spiro atoms. The molecule has 0 aliphatic carbocycles. The lowest BCUT2D eigenvalue weighted by Crippen LogP contribution is -2.15. The molecule has 19 heavy (non-hydrogen) atoms. The smallest absolute Gasteiger partial charge is 0.416 e. The van der Waals surface area contributed by atoms with E-state index in [1.54, 1.807) is 0 Å². The van der Waals surface area contributed by atoms with E-state index in [1.165, 1.54) is 6.07 Å². The molecule has 0 fully saturated rings. The number of carbonyl (C=O) groups excluding carboxylic acids is 1. The van der Waals surface area contributed by atoms with Crippen molar-refractivity contribution in [3.05, 3.63) is 46.7 Å². The van der Waals surface area contributed by atoms with Crippen LogP contribution in [0.4, 0.5) is 13.2 Å². The number of aliphatic hydroxyl groups excluding tert-OH is 1. The summed E-state index contributed by atoms with van der Waals surface area (Å²) < 4.78 is 36.9. The third-order valence-corrected chi connectivity index (χ3v) is 2.30. The topological polar surface area (TPSA) is 87.1 Å². The summed E-state index contributed by atoms with van der Waals surface area (Å²) in [7, 11) is 0. The lowest BCUT2D eigenvalue weighted by molar-refractivity contribution is -0.137. The second-order valence-corrected chi connectivity index (χ2v) is 3.67. The molecule has 0 atom stereocenters. The summed E-state index contributed by atoms with van der Waals surface area (Å²) in [6, 6.07) is 5.42. The Bertz CT molecular complexity index is 554. The SMILES string of the molecule is N#C/C(C(N)=O)=C(\O)Cc1ccc(C(F)(F)F)cc1. The van der Waals surface area contributed by atoms with Gasteiger partial charge in [0.1, 0.15) is 11.8 Å². The Balaban J connectivity index is 2.97. The maximum atomic E-state index is 12.3. The van der Waals surface area contributed by atoms with Crippen LogP contribution in [0.5, 0.6) is 0 Å². The van der Waals surface area contributed by atoms with E-state index in [2.05, 4.69) is 0 Å². The summed E-state index contributed by atoms with van der Waals surface area (Å²) in [6.07, 6.45) is -4.69. The molecule has 0 saturated heterocycles. The Morgan fingerprint density at radius 2 is 1.84 bits per heavy atom. The van der Waals surface area contributed by atoms with Crippen molar-refractivity contribution in [2.24, 2.45) is 5.73 Å². The quantitative estimate of drug-likeness (QED) is 0.500. The molecule has 0 bridgehead atoms. The molecule has 0 aromatic heterocycles. The highest BCUT2D eigenvalue weighted by Crippen LogP contribution is 2.29. The largest absolute Gasteiger partial charge is 0.510 e. The van der Waals surface area contributed by atoms with E-state index in [1.807, 2.05) is 0 Å². The van der Waals surface area contributed by atoms with Crippen LogP contribution in [-0.4, -0.2) is 11.0 Å².